The molecule has 29 heavy (non-hydrogen) atoms. The van der Waals surface area contributed by atoms with Gasteiger partial charge < -0.3 is 20.8 Å². The Balaban J connectivity index is 1.79. The molecule has 1 unspecified atom stereocenters. The van der Waals surface area contributed by atoms with Crippen LogP contribution in [0.15, 0.2) is 35.7 Å². The van der Waals surface area contributed by atoms with Crippen LogP contribution in [0.2, 0.25) is 0 Å². The number of benzene rings is 1. The van der Waals surface area contributed by atoms with Crippen LogP contribution in [-0.4, -0.2) is 57.3 Å². The maximum Gasteiger partial charge on any atom is 0.413 e. The monoisotopic (exact) mass is 419 g/mol. The maximum atomic E-state index is 12.2. The smallest absolute Gasteiger partial charge is 0.413 e. The van der Waals surface area contributed by atoms with Crippen LogP contribution in [0.1, 0.15) is 17.3 Å². The Morgan fingerprint density at radius 1 is 1.28 bits per heavy atom. The van der Waals surface area contributed by atoms with Gasteiger partial charge in [0.1, 0.15) is 0 Å². The molecule has 2 heterocycles. The number of aliphatic carboxylic acids is 1. The largest absolute Gasteiger partial charge is 0.479 e. The predicted molar refractivity (Wildman–Crippen MR) is 102 cm³/mol. The number of hydrogen-bond acceptors (Lipinski definition) is 6. The Bertz CT molecular complexity index is 933. The van der Waals surface area contributed by atoms with Crippen LogP contribution in [-0.2, 0) is 11.3 Å². The second-order valence-corrected chi connectivity index (χ2v) is 6.85. The van der Waals surface area contributed by atoms with E-state index in [2.05, 4.69) is 15.6 Å². The molecule has 1 atom stereocenters. The number of carbonyl (C=O) groups excluding carboxylic acids is 2. The van der Waals surface area contributed by atoms with Gasteiger partial charge in [0.2, 0.25) is 0 Å². The number of anilines is 1. The molecule has 11 nitrogen and oxygen atoms in total. The van der Waals surface area contributed by atoms with Crippen molar-refractivity contribution in [1.29, 1.82) is 0 Å². The quantitative estimate of drug-likeness (QED) is 0.556. The third-order valence-electron chi connectivity index (χ3n) is 4.07. The van der Waals surface area contributed by atoms with Gasteiger partial charge >= 0.3 is 24.1 Å². The zero-order valence-electron chi connectivity index (χ0n) is 14.9. The summed E-state index contributed by atoms with van der Waals surface area (Å²) in [5.41, 5.74) is 0.694. The van der Waals surface area contributed by atoms with Crippen LogP contribution in [0.5, 0.6) is 0 Å². The van der Waals surface area contributed by atoms with Gasteiger partial charge in [-0.05, 0) is 5.56 Å². The maximum absolute atomic E-state index is 12.2. The lowest BCUT2D eigenvalue weighted by molar-refractivity contribution is -0.139. The van der Waals surface area contributed by atoms with Crippen molar-refractivity contribution in [2.45, 2.75) is 12.6 Å². The highest BCUT2D eigenvalue weighted by molar-refractivity contribution is 7.14. The number of nitrogens with zero attached hydrogens (tertiary/aromatic N) is 3. The van der Waals surface area contributed by atoms with E-state index in [4.69, 9.17) is 0 Å². The van der Waals surface area contributed by atoms with Crippen LogP contribution in [0, 0.1) is 0 Å². The first-order valence-corrected chi connectivity index (χ1v) is 9.33. The SMILES string of the molecule is O=C(O)C(NC(=O)N1CCNC1=O)c1csc(N(Cc2ccccc2)C(=O)O)n1. The van der Waals surface area contributed by atoms with Crippen LogP contribution in [0.3, 0.4) is 0 Å². The first kappa shape index (κ1) is 20.1. The summed E-state index contributed by atoms with van der Waals surface area (Å²) in [6.07, 6.45) is -1.25. The van der Waals surface area contributed by atoms with Crippen molar-refractivity contribution in [1.82, 2.24) is 20.5 Å². The molecular formula is C17H17N5O6S. The van der Waals surface area contributed by atoms with Gasteiger partial charge in [-0.3, -0.25) is 0 Å². The van der Waals surface area contributed by atoms with Gasteiger partial charge in [-0.2, -0.15) is 0 Å². The van der Waals surface area contributed by atoms with Gasteiger partial charge in [-0.1, -0.05) is 30.3 Å². The molecule has 3 rings (SSSR count). The number of thiazole rings is 1. The minimum Gasteiger partial charge on any atom is -0.479 e. The number of nitrogens with one attached hydrogen (secondary N) is 2. The van der Waals surface area contributed by atoms with Gasteiger partial charge in [0.05, 0.1) is 12.2 Å². The topological polar surface area (TPSA) is 152 Å². The Morgan fingerprint density at radius 2 is 2.00 bits per heavy atom. The van der Waals surface area contributed by atoms with E-state index < -0.39 is 30.2 Å². The molecule has 4 N–H and O–H groups in total. The first-order valence-electron chi connectivity index (χ1n) is 8.45. The zero-order chi connectivity index (χ0) is 21.0. The van der Waals surface area contributed by atoms with Gasteiger partial charge in [0.15, 0.2) is 11.2 Å². The standard InChI is InChI=1S/C17H17N5O6S/c23-13(24)12(20-15(26)21-7-6-18-14(21)25)11-9-29-16(19-11)22(17(27)28)8-10-4-2-1-3-5-10/h1-5,9,12H,6-8H2,(H,18,25)(H,20,26)(H,23,24)(H,27,28). The molecule has 2 aromatic rings. The number of hydrogen-bond donors (Lipinski definition) is 4. The Labute approximate surface area is 168 Å². The Kier molecular flexibility index (Phi) is 5.93. The van der Waals surface area contributed by atoms with E-state index in [-0.39, 0.29) is 30.5 Å². The molecule has 0 bridgehead atoms. The number of aromatic nitrogens is 1. The number of urea groups is 2. The lowest BCUT2D eigenvalue weighted by Gasteiger charge is -2.18. The molecule has 0 saturated carbocycles. The molecule has 0 radical (unpaired) electrons. The number of rotatable bonds is 6. The van der Waals surface area contributed by atoms with Crippen molar-refractivity contribution in [2.24, 2.45) is 0 Å². The minimum atomic E-state index is -1.53. The fourth-order valence-corrected chi connectivity index (χ4v) is 3.49. The second-order valence-electron chi connectivity index (χ2n) is 6.01. The summed E-state index contributed by atoms with van der Waals surface area (Å²) < 4.78 is 0. The third-order valence-corrected chi connectivity index (χ3v) is 4.95. The van der Waals surface area contributed by atoms with Crippen LogP contribution in [0.25, 0.3) is 0 Å². The minimum absolute atomic E-state index is 0.0289. The highest BCUT2D eigenvalue weighted by atomic mass is 32.1. The van der Waals surface area contributed by atoms with E-state index in [1.807, 2.05) is 0 Å². The highest BCUT2D eigenvalue weighted by Gasteiger charge is 2.32. The Morgan fingerprint density at radius 3 is 2.59 bits per heavy atom. The van der Waals surface area contributed by atoms with Gasteiger partial charge in [0, 0.05) is 18.5 Å². The summed E-state index contributed by atoms with van der Waals surface area (Å²) >= 11 is 0.937. The van der Waals surface area contributed by atoms with Gasteiger partial charge in [-0.15, -0.1) is 11.3 Å². The molecule has 0 spiro atoms. The molecule has 0 aliphatic carbocycles. The zero-order valence-corrected chi connectivity index (χ0v) is 15.8. The van der Waals surface area contributed by atoms with Crippen LogP contribution >= 0.6 is 11.3 Å². The van der Waals surface area contributed by atoms with E-state index in [1.165, 1.54) is 5.38 Å². The van der Waals surface area contributed by atoms with Crippen molar-refractivity contribution in [3.63, 3.8) is 0 Å². The summed E-state index contributed by atoms with van der Waals surface area (Å²) in [4.78, 5) is 53.0. The molecule has 5 amide bonds. The number of imide groups is 1. The lowest BCUT2D eigenvalue weighted by Crippen LogP contribution is -2.45. The molecule has 12 heteroatoms. The van der Waals surface area contributed by atoms with E-state index in [9.17, 15) is 29.4 Å². The number of carboxylic acid groups (broad SMARTS) is 2. The summed E-state index contributed by atoms with van der Waals surface area (Å²) in [6.45, 7) is 0.419. The molecule has 1 aliphatic heterocycles. The second kappa shape index (κ2) is 8.56. The van der Waals surface area contributed by atoms with E-state index in [0.29, 0.717) is 0 Å². The van der Waals surface area contributed by atoms with E-state index in [0.717, 1.165) is 26.7 Å². The summed E-state index contributed by atoms with van der Waals surface area (Å²) in [7, 11) is 0. The molecule has 1 saturated heterocycles. The highest BCUT2D eigenvalue weighted by Crippen LogP contribution is 2.26. The fourth-order valence-electron chi connectivity index (χ4n) is 2.64. The summed E-state index contributed by atoms with van der Waals surface area (Å²) in [5.74, 6) is -1.39. The molecule has 1 aliphatic rings. The molecular weight excluding hydrogens is 402 g/mol. The van der Waals surface area contributed by atoms with Crippen molar-refractivity contribution in [3.05, 3.63) is 47.0 Å². The van der Waals surface area contributed by atoms with Crippen molar-refractivity contribution in [3.8, 4) is 0 Å². The van der Waals surface area contributed by atoms with Crippen molar-refractivity contribution >= 4 is 40.6 Å². The number of carboxylic acids is 1. The first-order chi connectivity index (χ1) is 13.9. The summed E-state index contributed by atoms with van der Waals surface area (Å²) in [6, 6.07) is 5.83. The molecule has 1 aromatic carbocycles. The fraction of sp³-hybridized carbons (Fsp3) is 0.235. The Hall–Kier alpha value is -3.67. The molecule has 152 valence electrons. The van der Waals surface area contributed by atoms with Gasteiger partial charge in [-0.25, -0.2) is 34.0 Å². The number of amides is 5. The van der Waals surface area contributed by atoms with E-state index in [1.54, 1.807) is 30.3 Å². The molecule has 1 fully saturated rings. The van der Waals surface area contributed by atoms with Crippen LogP contribution in [0.4, 0.5) is 19.5 Å². The lowest BCUT2D eigenvalue weighted by atomic mass is 10.2. The van der Waals surface area contributed by atoms with Gasteiger partial charge in [0.25, 0.3) is 0 Å². The predicted octanol–water partition coefficient (Wildman–Crippen LogP) is 1.69. The molecule has 1 aromatic heterocycles. The average molecular weight is 419 g/mol. The van der Waals surface area contributed by atoms with Crippen molar-refractivity contribution < 1.29 is 29.4 Å². The number of carbonyl (C=O) groups is 4. The van der Waals surface area contributed by atoms with Crippen molar-refractivity contribution in [2.75, 3.05) is 18.0 Å². The normalized spacial score (nSPS) is 14.2. The average Bonchev–Trinajstić information content (AvgIpc) is 3.33. The van der Waals surface area contributed by atoms with Crippen LogP contribution < -0.4 is 15.5 Å². The third kappa shape index (κ3) is 4.60. The summed E-state index contributed by atoms with van der Waals surface area (Å²) in [5, 5.41) is 25.1. The van der Waals surface area contributed by atoms with E-state index >= 15 is 0 Å².